The molecule has 3 rings (SSSR count). The van der Waals surface area contributed by atoms with Crippen LogP contribution >= 0.6 is 0 Å². The van der Waals surface area contributed by atoms with Gasteiger partial charge in [-0.05, 0) is 42.0 Å². The minimum Gasteiger partial charge on any atom is -0.497 e. The number of nitrogens with zero attached hydrogens (tertiary/aromatic N) is 1. The summed E-state index contributed by atoms with van der Waals surface area (Å²) in [6, 6.07) is 15.0. The summed E-state index contributed by atoms with van der Waals surface area (Å²) >= 11 is 0. The third kappa shape index (κ3) is 5.47. The van der Waals surface area contributed by atoms with Crippen LogP contribution in [0.5, 0.6) is 11.5 Å². The average molecular weight is 356 g/mol. The first-order chi connectivity index (χ1) is 12.7. The molecule has 1 saturated heterocycles. The Labute approximate surface area is 153 Å². The van der Waals surface area contributed by atoms with Crippen LogP contribution in [0.4, 0.5) is 5.69 Å². The topological polar surface area (TPSA) is 60.0 Å². The fourth-order valence-corrected chi connectivity index (χ4v) is 2.73. The molecule has 0 aromatic heterocycles. The quantitative estimate of drug-likeness (QED) is 0.826. The van der Waals surface area contributed by atoms with Crippen LogP contribution in [0, 0.1) is 0 Å². The predicted molar refractivity (Wildman–Crippen MR) is 99.7 cm³/mol. The number of carbonyl (C=O) groups excluding carboxylic acids is 1. The van der Waals surface area contributed by atoms with Gasteiger partial charge in [-0.15, -0.1) is 0 Å². The van der Waals surface area contributed by atoms with Crippen molar-refractivity contribution in [1.82, 2.24) is 4.90 Å². The number of ether oxygens (including phenoxy) is 3. The molecule has 1 heterocycles. The molecule has 6 heteroatoms. The number of hydrogen-bond donors (Lipinski definition) is 1. The van der Waals surface area contributed by atoms with Gasteiger partial charge in [0, 0.05) is 25.3 Å². The van der Waals surface area contributed by atoms with Crippen LogP contribution in [-0.2, 0) is 16.1 Å². The molecule has 1 N–H and O–H groups in total. The lowest BCUT2D eigenvalue weighted by molar-refractivity contribution is -0.118. The van der Waals surface area contributed by atoms with Gasteiger partial charge in [0.1, 0.15) is 11.5 Å². The van der Waals surface area contributed by atoms with Gasteiger partial charge in [-0.25, -0.2) is 0 Å². The Bertz CT molecular complexity index is 695. The minimum atomic E-state index is -0.193. The smallest absolute Gasteiger partial charge is 0.262 e. The van der Waals surface area contributed by atoms with Crippen molar-refractivity contribution < 1.29 is 19.0 Å². The molecule has 0 atom stereocenters. The van der Waals surface area contributed by atoms with Gasteiger partial charge in [0.15, 0.2) is 6.61 Å². The summed E-state index contributed by atoms with van der Waals surface area (Å²) in [4.78, 5) is 14.4. The number of benzene rings is 2. The van der Waals surface area contributed by atoms with Crippen LogP contribution in [0.15, 0.2) is 48.5 Å². The van der Waals surface area contributed by atoms with Gasteiger partial charge in [0.25, 0.3) is 5.91 Å². The molecular weight excluding hydrogens is 332 g/mol. The van der Waals surface area contributed by atoms with Crippen molar-refractivity contribution in [3.63, 3.8) is 0 Å². The number of methoxy groups -OCH3 is 1. The third-order valence-corrected chi connectivity index (χ3v) is 4.18. The molecule has 1 amide bonds. The van der Waals surface area contributed by atoms with Gasteiger partial charge in [-0.2, -0.15) is 0 Å². The van der Waals surface area contributed by atoms with Crippen LogP contribution in [0.25, 0.3) is 0 Å². The molecule has 0 unspecified atom stereocenters. The highest BCUT2D eigenvalue weighted by Crippen LogP contribution is 2.17. The lowest BCUT2D eigenvalue weighted by Gasteiger charge is -2.26. The highest BCUT2D eigenvalue weighted by molar-refractivity contribution is 5.91. The Hall–Kier alpha value is -2.57. The highest BCUT2D eigenvalue weighted by Gasteiger charge is 2.10. The van der Waals surface area contributed by atoms with Crippen LogP contribution in [0.3, 0.4) is 0 Å². The molecule has 0 aliphatic carbocycles. The van der Waals surface area contributed by atoms with E-state index in [2.05, 4.69) is 10.2 Å². The molecule has 1 fully saturated rings. The van der Waals surface area contributed by atoms with E-state index in [4.69, 9.17) is 14.2 Å². The molecule has 0 bridgehead atoms. The van der Waals surface area contributed by atoms with Crippen LogP contribution in [-0.4, -0.2) is 50.8 Å². The van der Waals surface area contributed by atoms with Gasteiger partial charge < -0.3 is 19.5 Å². The van der Waals surface area contributed by atoms with E-state index in [-0.39, 0.29) is 12.5 Å². The van der Waals surface area contributed by atoms with E-state index in [0.29, 0.717) is 5.75 Å². The molecule has 138 valence electrons. The second-order valence-corrected chi connectivity index (χ2v) is 6.10. The molecule has 2 aromatic rings. The molecular formula is C20H24N2O4. The van der Waals surface area contributed by atoms with Crippen LogP contribution < -0.4 is 14.8 Å². The average Bonchev–Trinajstić information content (AvgIpc) is 2.69. The van der Waals surface area contributed by atoms with Crippen molar-refractivity contribution in [3.05, 3.63) is 54.1 Å². The Morgan fingerprint density at radius 3 is 2.35 bits per heavy atom. The summed E-state index contributed by atoms with van der Waals surface area (Å²) in [6.45, 7) is 4.37. The van der Waals surface area contributed by atoms with E-state index in [1.807, 2.05) is 24.3 Å². The number of carbonyl (C=O) groups is 1. The standard InChI is InChI=1S/C20H24N2O4/c1-24-18-6-8-19(9-7-18)26-15-20(23)21-17-4-2-16(3-5-17)14-22-10-12-25-13-11-22/h2-9H,10-15H2,1H3,(H,21,23). The van der Waals surface area contributed by atoms with Gasteiger partial charge in [0.05, 0.1) is 20.3 Å². The molecule has 6 nitrogen and oxygen atoms in total. The number of anilines is 1. The zero-order valence-electron chi connectivity index (χ0n) is 14.9. The lowest BCUT2D eigenvalue weighted by Crippen LogP contribution is -2.35. The SMILES string of the molecule is COc1ccc(OCC(=O)Nc2ccc(CN3CCOCC3)cc2)cc1. The van der Waals surface area contributed by atoms with Crippen LogP contribution in [0.2, 0.25) is 0 Å². The first-order valence-electron chi connectivity index (χ1n) is 8.69. The molecule has 1 aliphatic rings. The zero-order valence-corrected chi connectivity index (χ0v) is 14.9. The van der Waals surface area contributed by atoms with E-state index in [0.717, 1.165) is 44.3 Å². The maximum absolute atomic E-state index is 12.0. The normalized spacial score (nSPS) is 14.7. The molecule has 0 spiro atoms. The minimum absolute atomic E-state index is 0.0398. The fraction of sp³-hybridized carbons (Fsp3) is 0.350. The fourth-order valence-electron chi connectivity index (χ4n) is 2.73. The van der Waals surface area contributed by atoms with Crippen molar-refractivity contribution in [3.8, 4) is 11.5 Å². The second kappa shape index (κ2) is 9.22. The highest BCUT2D eigenvalue weighted by atomic mass is 16.5. The van der Waals surface area contributed by atoms with E-state index in [1.54, 1.807) is 31.4 Å². The van der Waals surface area contributed by atoms with E-state index < -0.39 is 0 Å². The van der Waals surface area contributed by atoms with Gasteiger partial charge in [-0.3, -0.25) is 9.69 Å². The number of morpholine rings is 1. The molecule has 26 heavy (non-hydrogen) atoms. The lowest BCUT2D eigenvalue weighted by atomic mass is 10.2. The first kappa shape index (κ1) is 18.2. The summed E-state index contributed by atoms with van der Waals surface area (Å²) in [6.07, 6.45) is 0. The van der Waals surface area contributed by atoms with Crippen molar-refractivity contribution in [2.75, 3.05) is 45.3 Å². The predicted octanol–water partition coefficient (Wildman–Crippen LogP) is 2.54. The summed E-state index contributed by atoms with van der Waals surface area (Å²) in [7, 11) is 1.61. The Morgan fingerprint density at radius 1 is 1.04 bits per heavy atom. The Kier molecular flexibility index (Phi) is 6.46. The van der Waals surface area contributed by atoms with Crippen molar-refractivity contribution in [2.45, 2.75) is 6.54 Å². The van der Waals surface area contributed by atoms with Crippen molar-refractivity contribution in [2.24, 2.45) is 0 Å². The Morgan fingerprint density at radius 2 is 1.69 bits per heavy atom. The number of hydrogen-bond acceptors (Lipinski definition) is 5. The molecule has 0 radical (unpaired) electrons. The van der Waals surface area contributed by atoms with Gasteiger partial charge in [-0.1, -0.05) is 12.1 Å². The second-order valence-electron chi connectivity index (χ2n) is 6.10. The maximum atomic E-state index is 12.0. The number of nitrogens with one attached hydrogen (secondary N) is 1. The van der Waals surface area contributed by atoms with Gasteiger partial charge in [0.2, 0.25) is 0 Å². The largest absolute Gasteiger partial charge is 0.497 e. The van der Waals surface area contributed by atoms with E-state index in [1.165, 1.54) is 5.56 Å². The summed E-state index contributed by atoms with van der Waals surface area (Å²) in [5.41, 5.74) is 1.98. The Balaban J connectivity index is 1.44. The summed E-state index contributed by atoms with van der Waals surface area (Å²) in [5.74, 6) is 1.18. The monoisotopic (exact) mass is 356 g/mol. The number of amides is 1. The first-order valence-corrected chi connectivity index (χ1v) is 8.69. The third-order valence-electron chi connectivity index (χ3n) is 4.18. The van der Waals surface area contributed by atoms with Gasteiger partial charge >= 0.3 is 0 Å². The molecule has 0 saturated carbocycles. The zero-order chi connectivity index (χ0) is 18.2. The van der Waals surface area contributed by atoms with Crippen LogP contribution in [0.1, 0.15) is 5.56 Å². The molecule has 1 aliphatic heterocycles. The molecule has 2 aromatic carbocycles. The summed E-state index contributed by atoms with van der Waals surface area (Å²) < 4.78 is 15.9. The van der Waals surface area contributed by atoms with E-state index in [9.17, 15) is 4.79 Å². The van der Waals surface area contributed by atoms with Crippen molar-refractivity contribution in [1.29, 1.82) is 0 Å². The maximum Gasteiger partial charge on any atom is 0.262 e. The van der Waals surface area contributed by atoms with Crippen molar-refractivity contribution >= 4 is 11.6 Å². The number of rotatable bonds is 7. The summed E-state index contributed by atoms with van der Waals surface area (Å²) in [5, 5.41) is 2.84. The van der Waals surface area contributed by atoms with E-state index >= 15 is 0 Å².